The van der Waals surface area contributed by atoms with Gasteiger partial charge in [0.2, 0.25) is 5.91 Å². The normalized spacial score (nSPS) is 13.8. The lowest BCUT2D eigenvalue weighted by Crippen LogP contribution is -2.28. The van der Waals surface area contributed by atoms with Crippen LogP contribution < -0.4 is 5.32 Å². The summed E-state index contributed by atoms with van der Waals surface area (Å²) in [6.45, 7) is -0.0720. The minimum Gasteiger partial charge on any atom is -0.350 e. The van der Waals surface area contributed by atoms with Gasteiger partial charge in [-0.15, -0.1) is 0 Å². The molecule has 5 rings (SSSR count). The molecule has 2 heterocycles. The fourth-order valence-corrected chi connectivity index (χ4v) is 4.68. The zero-order valence-corrected chi connectivity index (χ0v) is 19.6. The molecule has 0 unspecified atom stereocenters. The van der Waals surface area contributed by atoms with Crippen molar-refractivity contribution in [2.45, 2.75) is 51.4 Å². The Morgan fingerprint density at radius 1 is 0.917 bits per heavy atom. The Balaban J connectivity index is 1.37. The van der Waals surface area contributed by atoms with Gasteiger partial charge in [0, 0.05) is 35.1 Å². The summed E-state index contributed by atoms with van der Waals surface area (Å²) in [4.78, 5) is 12.9. The van der Waals surface area contributed by atoms with Gasteiger partial charge in [-0.05, 0) is 37.8 Å². The van der Waals surface area contributed by atoms with Gasteiger partial charge >= 0.3 is 6.18 Å². The van der Waals surface area contributed by atoms with Gasteiger partial charge in [-0.25, -0.2) is 4.68 Å². The van der Waals surface area contributed by atoms with E-state index in [0.29, 0.717) is 25.0 Å². The number of nitrogens with one attached hydrogen (secondary N) is 1. The lowest BCUT2D eigenvalue weighted by Gasteiger charge is -2.09. The molecular weight excluding hydrogens is 467 g/mol. The predicted octanol–water partition coefficient (Wildman–Crippen LogP) is 5.34. The van der Waals surface area contributed by atoms with Crippen LogP contribution in [0.4, 0.5) is 13.2 Å². The van der Waals surface area contributed by atoms with E-state index in [4.69, 9.17) is 5.10 Å². The zero-order valence-electron chi connectivity index (χ0n) is 19.6. The van der Waals surface area contributed by atoms with Crippen molar-refractivity contribution >= 4 is 5.91 Å². The Morgan fingerprint density at radius 3 is 2.33 bits per heavy atom. The van der Waals surface area contributed by atoms with E-state index in [1.54, 1.807) is 4.68 Å². The van der Waals surface area contributed by atoms with Gasteiger partial charge in [-0.3, -0.25) is 9.48 Å². The summed E-state index contributed by atoms with van der Waals surface area (Å²) in [5.74, 6) is -0.398. The van der Waals surface area contributed by atoms with E-state index >= 15 is 0 Å². The zero-order chi connectivity index (χ0) is 25.1. The first-order valence-electron chi connectivity index (χ1n) is 12.0. The molecule has 4 aromatic rings. The van der Waals surface area contributed by atoms with E-state index in [-0.39, 0.29) is 18.7 Å². The van der Waals surface area contributed by atoms with E-state index < -0.39 is 17.8 Å². The second kappa shape index (κ2) is 10.0. The molecule has 9 heteroatoms. The van der Waals surface area contributed by atoms with Gasteiger partial charge in [0.25, 0.3) is 0 Å². The predicted molar refractivity (Wildman–Crippen MR) is 129 cm³/mol. The van der Waals surface area contributed by atoms with Crippen molar-refractivity contribution in [3.63, 3.8) is 0 Å². The number of rotatable bonds is 6. The Morgan fingerprint density at radius 2 is 1.61 bits per heavy atom. The van der Waals surface area contributed by atoms with Crippen LogP contribution >= 0.6 is 0 Å². The third-order valence-corrected chi connectivity index (χ3v) is 6.40. The lowest BCUT2D eigenvalue weighted by molar-refractivity contribution is -0.142. The van der Waals surface area contributed by atoms with Crippen LogP contribution in [0.5, 0.6) is 0 Å². The molecule has 0 radical (unpaired) electrons. The molecule has 2 aromatic heterocycles. The number of amides is 1. The molecule has 0 atom stereocenters. The molecule has 0 spiro atoms. The van der Waals surface area contributed by atoms with Crippen molar-refractivity contribution in [1.29, 1.82) is 0 Å². The first-order valence-corrected chi connectivity index (χ1v) is 12.0. The highest BCUT2D eigenvalue weighted by Crippen LogP contribution is 2.35. The fourth-order valence-electron chi connectivity index (χ4n) is 4.68. The molecule has 0 saturated heterocycles. The van der Waals surface area contributed by atoms with E-state index in [1.807, 2.05) is 66.9 Å². The van der Waals surface area contributed by atoms with Gasteiger partial charge in [-0.1, -0.05) is 55.0 Å². The van der Waals surface area contributed by atoms with Crippen LogP contribution in [0.1, 0.15) is 41.8 Å². The Labute approximate surface area is 206 Å². The van der Waals surface area contributed by atoms with E-state index in [2.05, 4.69) is 10.4 Å². The molecule has 1 N–H and O–H groups in total. The molecule has 1 amide bonds. The first kappa shape index (κ1) is 23.8. The summed E-state index contributed by atoms with van der Waals surface area (Å²) in [5.41, 5.74) is 3.22. The number of hydrogen-bond donors (Lipinski definition) is 1. The number of nitrogens with zero attached hydrogens (tertiary/aromatic N) is 4. The third-order valence-electron chi connectivity index (χ3n) is 6.40. The van der Waals surface area contributed by atoms with Crippen LogP contribution in [-0.4, -0.2) is 25.5 Å². The summed E-state index contributed by atoms with van der Waals surface area (Å²) >= 11 is 0. The van der Waals surface area contributed by atoms with Crippen LogP contribution in [0.3, 0.4) is 0 Å². The number of para-hydroxylation sites is 1. The largest absolute Gasteiger partial charge is 0.435 e. The Kier molecular flexibility index (Phi) is 6.63. The minimum absolute atomic E-state index is 0.186. The Bertz CT molecular complexity index is 1340. The summed E-state index contributed by atoms with van der Waals surface area (Å²) < 4.78 is 43.8. The lowest BCUT2D eigenvalue weighted by atomic mass is 10.1. The monoisotopic (exact) mass is 493 g/mol. The summed E-state index contributed by atoms with van der Waals surface area (Å²) in [7, 11) is 0. The van der Waals surface area contributed by atoms with E-state index in [0.717, 1.165) is 35.3 Å². The average Bonchev–Trinajstić information content (AvgIpc) is 3.37. The Hall–Kier alpha value is -3.88. The number of hydrogen-bond acceptors (Lipinski definition) is 3. The minimum atomic E-state index is -4.53. The number of fused-ring (bicyclic) bond motifs is 1. The summed E-state index contributed by atoms with van der Waals surface area (Å²) in [6.07, 6.45) is 0.509. The third kappa shape index (κ3) is 5.05. The van der Waals surface area contributed by atoms with Crippen molar-refractivity contribution in [3.05, 3.63) is 89.4 Å². The van der Waals surface area contributed by atoms with Crippen LogP contribution in [0.25, 0.3) is 16.9 Å². The average molecular weight is 494 g/mol. The highest BCUT2D eigenvalue weighted by molar-refractivity contribution is 5.76. The molecule has 0 aliphatic heterocycles. The van der Waals surface area contributed by atoms with Crippen molar-refractivity contribution in [2.75, 3.05) is 0 Å². The van der Waals surface area contributed by atoms with Crippen LogP contribution in [0.2, 0.25) is 0 Å². The second-order valence-corrected chi connectivity index (χ2v) is 8.92. The van der Waals surface area contributed by atoms with Gasteiger partial charge in [0.15, 0.2) is 5.69 Å². The highest BCUT2D eigenvalue weighted by atomic mass is 19.4. The molecule has 1 aliphatic carbocycles. The maximum atomic E-state index is 13.6. The number of carbonyl (C=O) groups excluding carboxylic acids is 1. The molecule has 2 aromatic carbocycles. The molecular formula is C27H26F3N5O. The van der Waals surface area contributed by atoms with Crippen LogP contribution in [-0.2, 0) is 36.9 Å². The second-order valence-electron chi connectivity index (χ2n) is 8.92. The first-order chi connectivity index (χ1) is 17.4. The van der Waals surface area contributed by atoms with Gasteiger partial charge in [0.05, 0.1) is 11.4 Å². The van der Waals surface area contributed by atoms with Gasteiger partial charge in [0.1, 0.15) is 6.54 Å². The summed E-state index contributed by atoms with van der Waals surface area (Å²) in [5, 5.41) is 11.4. The molecule has 186 valence electrons. The quantitative estimate of drug-likeness (QED) is 0.369. The van der Waals surface area contributed by atoms with Crippen molar-refractivity contribution in [2.24, 2.45) is 0 Å². The number of benzene rings is 2. The highest BCUT2D eigenvalue weighted by Gasteiger charge is 2.39. The maximum absolute atomic E-state index is 13.6. The molecule has 6 nitrogen and oxygen atoms in total. The summed E-state index contributed by atoms with van der Waals surface area (Å²) in [6, 6.07) is 19.3. The topological polar surface area (TPSA) is 64.7 Å². The van der Waals surface area contributed by atoms with E-state index in [9.17, 15) is 18.0 Å². The number of aromatic nitrogens is 4. The number of alkyl halides is 3. The molecule has 0 bridgehead atoms. The van der Waals surface area contributed by atoms with Gasteiger partial charge in [-0.2, -0.15) is 23.4 Å². The molecule has 0 fully saturated rings. The van der Waals surface area contributed by atoms with E-state index in [1.165, 1.54) is 4.68 Å². The van der Waals surface area contributed by atoms with Crippen molar-refractivity contribution in [3.8, 4) is 16.9 Å². The van der Waals surface area contributed by atoms with Crippen molar-refractivity contribution in [1.82, 2.24) is 24.9 Å². The van der Waals surface area contributed by atoms with Crippen LogP contribution in [0.15, 0.2) is 66.9 Å². The van der Waals surface area contributed by atoms with Crippen molar-refractivity contribution < 1.29 is 18.0 Å². The maximum Gasteiger partial charge on any atom is 0.435 e. The molecule has 1 aliphatic rings. The fraction of sp³-hybridized carbons (Fsp3) is 0.296. The molecule has 36 heavy (non-hydrogen) atoms. The SMILES string of the molecule is O=C(Cn1nc(C(F)(F)F)c2c1CCCCC2)NCc1cn(-c2ccccc2)nc1-c1ccccc1. The number of halogens is 3. The van der Waals surface area contributed by atoms with Crippen LogP contribution in [0, 0.1) is 0 Å². The standard InChI is InChI=1S/C27H26F3N5O/c28-27(29,30)26-22-14-8-3-9-15-23(22)35(33-26)18-24(36)31-16-20-17-34(21-12-6-2-7-13-21)32-25(20)19-10-4-1-5-11-19/h1-2,4-7,10-13,17H,3,8-9,14-16,18H2,(H,31,36). The smallest absolute Gasteiger partial charge is 0.350 e. The van der Waals surface area contributed by atoms with Gasteiger partial charge < -0.3 is 5.32 Å². The molecule has 0 saturated carbocycles. The number of carbonyl (C=O) groups is 1.